The van der Waals surface area contributed by atoms with Crippen molar-refractivity contribution in [3.8, 4) is 0 Å². The predicted molar refractivity (Wildman–Crippen MR) is 73.5 cm³/mol. The number of nitrogens with one attached hydrogen (secondary N) is 1. The Morgan fingerprint density at radius 3 is 2.60 bits per heavy atom. The number of carbonyl (C=O) groups is 2. The fraction of sp³-hybridized carbons (Fsp3) is 0.667. The van der Waals surface area contributed by atoms with Crippen molar-refractivity contribution in [2.24, 2.45) is 0 Å². The number of aromatic nitrogens is 2. The molecule has 1 amide bonds. The molecule has 0 bridgehead atoms. The molecule has 1 heterocycles. The van der Waals surface area contributed by atoms with E-state index in [1.165, 1.54) is 0 Å². The summed E-state index contributed by atoms with van der Waals surface area (Å²) in [6, 6.07) is 0. The summed E-state index contributed by atoms with van der Waals surface area (Å²) in [6.45, 7) is 9.33. The summed E-state index contributed by atoms with van der Waals surface area (Å²) < 4.78 is 9.87. The summed E-state index contributed by atoms with van der Waals surface area (Å²) in [7, 11) is 0. The van der Waals surface area contributed by atoms with E-state index < -0.39 is 11.2 Å². The van der Waals surface area contributed by atoms with Gasteiger partial charge in [-0.2, -0.15) is 0 Å². The predicted octanol–water partition coefficient (Wildman–Crippen LogP) is 1.64. The molecule has 1 N–H and O–H groups in total. The van der Waals surface area contributed by atoms with E-state index in [0.29, 0.717) is 0 Å². The molecular weight excluding hydrogens is 282 g/mol. The van der Waals surface area contributed by atoms with Gasteiger partial charge in [0.1, 0.15) is 0 Å². The van der Waals surface area contributed by atoms with Crippen LogP contribution in [0.4, 0.5) is 0 Å². The molecule has 1 aromatic heterocycles. The number of thioether (sulfide) groups is 1. The minimum absolute atomic E-state index is 0.140. The van der Waals surface area contributed by atoms with Crippen LogP contribution in [0.3, 0.4) is 0 Å². The molecule has 1 aromatic rings. The lowest BCUT2D eigenvalue weighted by atomic mass is 10.1. The van der Waals surface area contributed by atoms with Crippen LogP contribution in [0.2, 0.25) is 0 Å². The molecule has 0 aliphatic heterocycles. The van der Waals surface area contributed by atoms with Crippen molar-refractivity contribution < 1.29 is 18.7 Å². The lowest BCUT2D eigenvalue weighted by molar-refractivity contribution is -0.121. The number of ether oxygens (including phenoxy) is 1. The maximum absolute atomic E-state index is 11.9. The van der Waals surface area contributed by atoms with Gasteiger partial charge in [0.05, 0.1) is 11.9 Å². The second-order valence-electron chi connectivity index (χ2n) is 5.09. The molecule has 0 fully saturated rings. The Kier molecular flexibility index (Phi) is 5.55. The number of hydrogen-bond acceptors (Lipinski definition) is 7. The van der Waals surface area contributed by atoms with Crippen molar-refractivity contribution in [1.82, 2.24) is 15.5 Å². The molecule has 112 valence electrons. The smallest absolute Gasteiger partial charge is 0.396 e. The highest BCUT2D eigenvalue weighted by Gasteiger charge is 2.23. The van der Waals surface area contributed by atoms with Crippen LogP contribution >= 0.6 is 11.8 Å². The molecule has 0 saturated heterocycles. The van der Waals surface area contributed by atoms with Crippen LogP contribution in [0.1, 0.15) is 45.3 Å². The first-order valence-electron chi connectivity index (χ1n) is 6.22. The van der Waals surface area contributed by atoms with Crippen molar-refractivity contribution in [3.05, 3.63) is 5.89 Å². The average molecular weight is 301 g/mol. The van der Waals surface area contributed by atoms with Gasteiger partial charge in [-0.05, 0) is 34.6 Å². The lowest BCUT2D eigenvalue weighted by Gasteiger charge is -2.22. The lowest BCUT2D eigenvalue weighted by Crippen LogP contribution is -2.44. The molecule has 0 aromatic carbocycles. The summed E-state index contributed by atoms with van der Waals surface area (Å²) in [6.07, 6.45) is 0. The SMILES string of the molecule is CCOC(=O)c1nnc(SC(C)C(=O)NC(C)(C)C)o1. The quantitative estimate of drug-likeness (QED) is 0.652. The summed E-state index contributed by atoms with van der Waals surface area (Å²) in [5, 5.41) is 9.87. The third-order valence-electron chi connectivity index (χ3n) is 2.00. The molecule has 1 unspecified atom stereocenters. The summed E-state index contributed by atoms with van der Waals surface area (Å²) in [4.78, 5) is 23.3. The van der Waals surface area contributed by atoms with E-state index in [9.17, 15) is 9.59 Å². The van der Waals surface area contributed by atoms with Gasteiger partial charge in [0.2, 0.25) is 5.91 Å². The molecule has 0 aliphatic carbocycles. The molecule has 7 nitrogen and oxygen atoms in total. The molecule has 0 saturated carbocycles. The topological polar surface area (TPSA) is 94.3 Å². The fourth-order valence-corrected chi connectivity index (χ4v) is 1.89. The highest BCUT2D eigenvalue weighted by Crippen LogP contribution is 2.22. The maximum atomic E-state index is 11.9. The molecule has 0 radical (unpaired) electrons. The molecule has 8 heteroatoms. The number of hydrogen-bond donors (Lipinski definition) is 1. The monoisotopic (exact) mass is 301 g/mol. The Bertz CT molecular complexity index is 481. The highest BCUT2D eigenvalue weighted by molar-refractivity contribution is 8.00. The Labute approximate surface area is 121 Å². The van der Waals surface area contributed by atoms with Crippen LogP contribution < -0.4 is 5.32 Å². The molecule has 1 atom stereocenters. The summed E-state index contributed by atoms with van der Waals surface area (Å²) >= 11 is 1.09. The highest BCUT2D eigenvalue weighted by atomic mass is 32.2. The van der Waals surface area contributed by atoms with Crippen LogP contribution in [0, 0.1) is 0 Å². The van der Waals surface area contributed by atoms with Gasteiger partial charge < -0.3 is 14.5 Å². The minimum atomic E-state index is -0.668. The van der Waals surface area contributed by atoms with E-state index in [1.807, 2.05) is 20.8 Å². The van der Waals surface area contributed by atoms with Crippen LogP contribution in [-0.4, -0.2) is 39.5 Å². The number of rotatable bonds is 5. The van der Waals surface area contributed by atoms with Crippen molar-refractivity contribution in [1.29, 1.82) is 0 Å². The Morgan fingerprint density at radius 2 is 2.05 bits per heavy atom. The van der Waals surface area contributed by atoms with E-state index in [2.05, 4.69) is 15.5 Å². The zero-order valence-electron chi connectivity index (χ0n) is 12.2. The van der Waals surface area contributed by atoms with Crippen molar-refractivity contribution in [2.75, 3.05) is 6.61 Å². The summed E-state index contributed by atoms with van der Waals surface area (Å²) in [5.41, 5.74) is -0.309. The summed E-state index contributed by atoms with van der Waals surface area (Å²) in [5.74, 6) is -1.02. The second kappa shape index (κ2) is 6.74. The van der Waals surface area contributed by atoms with Crippen LogP contribution in [0.15, 0.2) is 9.64 Å². The number of carbonyl (C=O) groups excluding carboxylic acids is 2. The third kappa shape index (κ3) is 5.20. The van der Waals surface area contributed by atoms with Crippen LogP contribution in [0.25, 0.3) is 0 Å². The van der Waals surface area contributed by atoms with E-state index in [0.717, 1.165) is 11.8 Å². The average Bonchev–Trinajstić information content (AvgIpc) is 2.75. The van der Waals surface area contributed by atoms with Crippen molar-refractivity contribution in [2.45, 2.75) is 50.6 Å². The minimum Gasteiger partial charge on any atom is -0.459 e. The van der Waals surface area contributed by atoms with Gasteiger partial charge in [-0.3, -0.25) is 4.79 Å². The van der Waals surface area contributed by atoms with E-state index in [-0.39, 0.29) is 29.2 Å². The zero-order valence-corrected chi connectivity index (χ0v) is 13.0. The van der Waals surface area contributed by atoms with Gasteiger partial charge in [0, 0.05) is 5.54 Å². The largest absolute Gasteiger partial charge is 0.459 e. The van der Waals surface area contributed by atoms with Crippen LogP contribution in [0.5, 0.6) is 0 Å². The molecule has 1 rings (SSSR count). The van der Waals surface area contributed by atoms with Gasteiger partial charge in [-0.1, -0.05) is 16.9 Å². The van der Waals surface area contributed by atoms with E-state index in [1.54, 1.807) is 13.8 Å². The first-order chi connectivity index (χ1) is 9.23. The van der Waals surface area contributed by atoms with Gasteiger partial charge >= 0.3 is 11.9 Å². The number of nitrogens with zero attached hydrogens (tertiary/aromatic N) is 2. The normalized spacial score (nSPS) is 12.8. The molecular formula is C12H19N3O4S. The van der Waals surface area contributed by atoms with Gasteiger partial charge in [0.15, 0.2) is 0 Å². The van der Waals surface area contributed by atoms with Gasteiger partial charge in [-0.25, -0.2) is 4.79 Å². The Morgan fingerprint density at radius 1 is 1.40 bits per heavy atom. The molecule has 0 spiro atoms. The Hall–Kier alpha value is -1.57. The van der Waals surface area contributed by atoms with Crippen molar-refractivity contribution in [3.63, 3.8) is 0 Å². The molecule has 0 aliphatic rings. The Balaban J connectivity index is 2.60. The number of esters is 1. The van der Waals surface area contributed by atoms with Gasteiger partial charge in [0.25, 0.3) is 5.22 Å². The second-order valence-corrected chi connectivity index (χ2v) is 6.38. The van der Waals surface area contributed by atoms with Crippen molar-refractivity contribution >= 4 is 23.6 Å². The van der Waals surface area contributed by atoms with Gasteiger partial charge in [-0.15, -0.1) is 5.10 Å². The first kappa shape index (κ1) is 16.5. The van der Waals surface area contributed by atoms with E-state index >= 15 is 0 Å². The standard InChI is InChI=1S/C12H19N3O4S/c1-6-18-10(17)9-14-15-11(19-9)20-7(2)8(16)13-12(3,4)5/h7H,6H2,1-5H3,(H,13,16). The number of amides is 1. The molecule has 20 heavy (non-hydrogen) atoms. The first-order valence-corrected chi connectivity index (χ1v) is 7.10. The van der Waals surface area contributed by atoms with Crippen LogP contribution in [-0.2, 0) is 9.53 Å². The fourth-order valence-electron chi connectivity index (χ4n) is 1.21. The third-order valence-corrected chi connectivity index (χ3v) is 2.94. The van der Waals surface area contributed by atoms with E-state index in [4.69, 9.17) is 9.15 Å². The zero-order chi connectivity index (χ0) is 15.3. The maximum Gasteiger partial charge on any atom is 0.396 e.